The summed E-state index contributed by atoms with van der Waals surface area (Å²) >= 11 is 0. The second kappa shape index (κ2) is 5.62. The zero-order valence-corrected chi connectivity index (χ0v) is 9.26. The van der Waals surface area contributed by atoms with Crippen LogP contribution in [0.15, 0.2) is 59.8 Å². The average Bonchev–Trinajstić information content (AvgIpc) is 2.39. The van der Waals surface area contributed by atoms with E-state index < -0.39 is 0 Å². The smallest absolute Gasteiger partial charge is 0.106 e. The molecule has 17 heavy (non-hydrogen) atoms. The summed E-state index contributed by atoms with van der Waals surface area (Å²) in [4.78, 5) is 10.2. The summed E-state index contributed by atoms with van der Waals surface area (Å²) in [5.74, 6) is 6.14. The highest BCUT2D eigenvalue weighted by molar-refractivity contribution is 5.43. The maximum atomic E-state index is 10.2. The third-order valence-electron chi connectivity index (χ3n) is 2.30. The van der Waals surface area contributed by atoms with Crippen LogP contribution >= 0.6 is 0 Å². The van der Waals surface area contributed by atoms with E-state index in [0.717, 1.165) is 16.7 Å². The van der Waals surface area contributed by atoms with Crippen molar-refractivity contribution in [3.8, 4) is 11.8 Å². The molecule has 0 saturated carbocycles. The number of rotatable bonds is 2. The molecule has 0 saturated heterocycles. The van der Waals surface area contributed by atoms with Crippen LogP contribution in [0.4, 0.5) is 0 Å². The predicted molar refractivity (Wildman–Crippen MR) is 68.4 cm³/mol. The van der Waals surface area contributed by atoms with Crippen LogP contribution in [-0.4, -0.2) is 0 Å². The van der Waals surface area contributed by atoms with E-state index in [4.69, 9.17) is 0 Å². The highest BCUT2D eigenvalue weighted by Gasteiger charge is 1.93. The fraction of sp³-hybridized carbons (Fsp3) is 0.0667. The van der Waals surface area contributed by atoms with Crippen LogP contribution in [0.3, 0.4) is 0 Å². The van der Waals surface area contributed by atoms with Crippen molar-refractivity contribution in [2.75, 3.05) is 0 Å². The minimum absolute atomic E-state index is 0.195. The Morgan fingerprint density at radius 2 is 1.59 bits per heavy atom. The van der Waals surface area contributed by atoms with E-state index in [0.29, 0.717) is 0 Å². The Hall–Kier alpha value is -2.40. The fourth-order valence-electron chi connectivity index (χ4n) is 1.49. The first kappa shape index (κ1) is 11.1. The van der Waals surface area contributed by atoms with Gasteiger partial charge in [-0.1, -0.05) is 47.3 Å². The molecule has 0 unspecified atom stereocenters. The summed E-state index contributed by atoms with van der Waals surface area (Å²) in [5, 5.41) is 2.87. The van der Waals surface area contributed by atoms with Crippen molar-refractivity contribution in [1.29, 1.82) is 0 Å². The number of benzene rings is 2. The standard InChI is InChI=1S/C15H11NO/c17-16-12-15-8-4-7-14(11-15)10-9-13-5-2-1-3-6-13/h1-8,11H,12H2. The van der Waals surface area contributed by atoms with E-state index in [9.17, 15) is 4.91 Å². The van der Waals surface area contributed by atoms with Gasteiger partial charge >= 0.3 is 0 Å². The molecular weight excluding hydrogens is 210 g/mol. The van der Waals surface area contributed by atoms with Gasteiger partial charge in [0.2, 0.25) is 0 Å². The van der Waals surface area contributed by atoms with Gasteiger partial charge in [0.1, 0.15) is 6.54 Å². The van der Waals surface area contributed by atoms with E-state index in [-0.39, 0.29) is 6.54 Å². The van der Waals surface area contributed by atoms with E-state index in [1.54, 1.807) is 0 Å². The second-order valence-electron chi connectivity index (χ2n) is 3.60. The molecule has 0 aliphatic rings. The van der Waals surface area contributed by atoms with Gasteiger partial charge in [0, 0.05) is 11.1 Å². The fourth-order valence-corrected chi connectivity index (χ4v) is 1.49. The molecule has 2 heteroatoms. The predicted octanol–water partition coefficient (Wildman–Crippen LogP) is 3.35. The zero-order valence-electron chi connectivity index (χ0n) is 9.26. The first-order valence-electron chi connectivity index (χ1n) is 5.33. The summed E-state index contributed by atoms with van der Waals surface area (Å²) in [7, 11) is 0. The summed E-state index contributed by atoms with van der Waals surface area (Å²) in [6.07, 6.45) is 0. The van der Waals surface area contributed by atoms with Gasteiger partial charge in [0.05, 0.1) is 0 Å². The van der Waals surface area contributed by atoms with Crippen LogP contribution < -0.4 is 0 Å². The van der Waals surface area contributed by atoms with Gasteiger partial charge < -0.3 is 0 Å². The number of hydrogen-bond acceptors (Lipinski definition) is 2. The first-order chi connectivity index (χ1) is 8.38. The molecule has 0 aromatic heterocycles. The monoisotopic (exact) mass is 221 g/mol. The van der Waals surface area contributed by atoms with Crippen LogP contribution in [0.2, 0.25) is 0 Å². The maximum absolute atomic E-state index is 10.2. The quantitative estimate of drug-likeness (QED) is 0.564. The molecule has 82 valence electrons. The van der Waals surface area contributed by atoms with E-state index in [1.165, 1.54) is 0 Å². The van der Waals surface area contributed by atoms with Gasteiger partial charge in [-0.2, -0.15) is 4.91 Å². The second-order valence-corrected chi connectivity index (χ2v) is 3.60. The molecular formula is C15H11NO. The molecule has 0 heterocycles. The molecule has 0 radical (unpaired) electrons. The third kappa shape index (κ3) is 3.29. The lowest BCUT2D eigenvalue weighted by molar-refractivity contribution is 1.05. The van der Waals surface area contributed by atoms with Gasteiger partial charge in [-0.05, 0) is 29.8 Å². The number of hydrogen-bond donors (Lipinski definition) is 0. The van der Waals surface area contributed by atoms with Crippen molar-refractivity contribution in [3.63, 3.8) is 0 Å². The van der Waals surface area contributed by atoms with Crippen LogP contribution in [0.5, 0.6) is 0 Å². The van der Waals surface area contributed by atoms with Crippen LogP contribution in [0.25, 0.3) is 0 Å². The van der Waals surface area contributed by atoms with Crippen molar-refractivity contribution < 1.29 is 0 Å². The Morgan fingerprint density at radius 1 is 0.882 bits per heavy atom. The van der Waals surface area contributed by atoms with Crippen LogP contribution in [0, 0.1) is 16.7 Å². The zero-order chi connectivity index (χ0) is 11.9. The van der Waals surface area contributed by atoms with Crippen molar-refractivity contribution in [3.05, 3.63) is 76.2 Å². The van der Waals surface area contributed by atoms with Crippen molar-refractivity contribution >= 4 is 0 Å². The van der Waals surface area contributed by atoms with Gasteiger partial charge in [-0.3, -0.25) is 0 Å². The molecule has 0 spiro atoms. The molecule has 2 aromatic carbocycles. The van der Waals surface area contributed by atoms with Crippen molar-refractivity contribution in [1.82, 2.24) is 0 Å². The lowest BCUT2D eigenvalue weighted by Crippen LogP contribution is -1.82. The Morgan fingerprint density at radius 3 is 2.35 bits per heavy atom. The van der Waals surface area contributed by atoms with E-state index in [2.05, 4.69) is 17.0 Å². The SMILES string of the molecule is O=NCc1cccc(C#Cc2ccccc2)c1. The van der Waals surface area contributed by atoms with Crippen molar-refractivity contribution in [2.24, 2.45) is 5.18 Å². The Balaban J connectivity index is 2.22. The maximum Gasteiger partial charge on any atom is 0.106 e. The molecule has 0 bridgehead atoms. The Labute approximate surface area is 100 Å². The minimum Gasteiger partial charge on any atom is -0.150 e. The molecule has 0 fully saturated rings. The van der Waals surface area contributed by atoms with E-state index in [1.807, 2.05) is 54.6 Å². The van der Waals surface area contributed by atoms with Gasteiger partial charge in [-0.25, -0.2) is 0 Å². The lowest BCUT2D eigenvalue weighted by Gasteiger charge is -1.94. The first-order valence-corrected chi connectivity index (χ1v) is 5.33. The Bertz CT molecular complexity index is 564. The largest absolute Gasteiger partial charge is 0.150 e. The molecule has 0 amide bonds. The van der Waals surface area contributed by atoms with Crippen LogP contribution in [0.1, 0.15) is 16.7 Å². The normalized spacial score (nSPS) is 9.18. The van der Waals surface area contributed by atoms with Gasteiger partial charge in [-0.15, -0.1) is 0 Å². The molecule has 2 aromatic rings. The number of nitroso groups, excluding NO2 is 1. The summed E-state index contributed by atoms with van der Waals surface area (Å²) < 4.78 is 0. The highest BCUT2D eigenvalue weighted by Crippen LogP contribution is 2.05. The molecule has 0 N–H and O–H groups in total. The number of nitrogens with zero attached hydrogens (tertiary/aromatic N) is 1. The summed E-state index contributed by atoms with van der Waals surface area (Å²) in [5.41, 5.74) is 2.77. The highest BCUT2D eigenvalue weighted by atomic mass is 16.3. The molecule has 2 rings (SSSR count). The van der Waals surface area contributed by atoms with Gasteiger partial charge in [0.15, 0.2) is 0 Å². The topological polar surface area (TPSA) is 29.4 Å². The molecule has 0 aliphatic heterocycles. The average molecular weight is 221 g/mol. The van der Waals surface area contributed by atoms with Gasteiger partial charge in [0.25, 0.3) is 0 Å². The summed E-state index contributed by atoms with van der Waals surface area (Å²) in [6, 6.07) is 17.4. The summed E-state index contributed by atoms with van der Waals surface area (Å²) in [6.45, 7) is 0.195. The van der Waals surface area contributed by atoms with Crippen molar-refractivity contribution in [2.45, 2.75) is 6.54 Å². The molecule has 0 aliphatic carbocycles. The Kier molecular flexibility index (Phi) is 3.67. The minimum atomic E-state index is 0.195. The molecule has 0 atom stereocenters. The molecule has 2 nitrogen and oxygen atoms in total. The van der Waals surface area contributed by atoms with Crippen LogP contribution in [-0.2, 0) is 6.54 Å². The third-order valence-corrected chi connectivity index (χ3v) is 2.30. The lowest BCUT2D eigenvalue weighted by atomic mass is 10.1. The van der Waals surface area contributed by atoms with E-state index >= 15 is 0 Å².